The second kappa shape index (κ2) is 9.43. The van der Waals surface area contributed by atoms with Gasteiger partial charge in [0.1, 0.15) is 0 Å². The molecule has 1 aliphatic rings. The number of sulfone groups is 1. The maximum atomic E-state index is 12.5. The number of amides is 1. The van der Waals surface area contributed by atoms with Crippen LogP contribution < -0.4 is 0 Å². The number of aryl methyl sites for hydroxylation is 1. The van der Waals surface area contributed by atoms with Crippen molar-refractivity contribution in [1.82, 2.24) is 4.90 Å². The monoisotopic (exact) mass is 429 g/mol. The Bertz CT molecular complexity index is 1010. The number of likely N-dealkylation sites (tertiary alicyclic amines) is 1. The van der Waals surface area contributed by atoms with E-state index in [9.17, 15) is 18.0 Å². The highest BCUT2D eigenvalue weighted by molar-refractivity contribution is 7.90. The topological polar surface area (TPSA) is 80.7 Å². The van der Waals surface area contributed by atoms with Crippen molar-refractivity contribution < 1.29 is 22.7 Å². The first kappa shape index (κ1) is 22.0. The lowest BCUT2D eigenvalue weighted by atomic mass is 9.90. The third-order valence-electron chi connectivity index (χ3n) is 5.52. The molecule has 0 saturated carbocycles. The molecular weight excluding hydrogens is 402 g/mol. The zero-order valence-corrected chi connectivity index (χ0v) is 18.2. The van der Waals surface area contributed by atoms with Crippen LogP contribution in [0.3, 0.4) is 0 Å². The zero-order valence-electron chi connectivity index (χ0n) is 17.3. The van der Waals surface area contributed by atoms with Crippen LogP contribution in [0.15, 0.2) is 53.4 Å². The SMILES string of the molecule is Cc1ccc(S(C)(=O)=O)cc1C(=O)OCC(=O)N1CCC(Cc2ccccc2)CC1. The molecule has 0 radical (unpaired) electrons. The highest BCUT2D eigenvalue weighted by atomic mass is 32.2. The number of benzene rings is 2. The Morgan fingerprint density at radius 2 is 1.73 bits per heavy atom. The van der Waals surface area contributed by atoms with Gasteiger partial charge in [-0.25, -0.2) is 13.2 Å². The number of piperidine rings is 1. The molecule has 1 fully saturated rings. The lowest BCUT2D eigenvalue weighted by molar-refractivity contribution is -0.135. The van der Waals surface area contributed by atoms with Crippen molar-refractivity contribution in [2.45, 2.75) is 31.1 Å². The molecular formula is C23H27NO5S. The summed E-state index contributed by atoms with van der Waals surface area (Å²) in [5.41, 5.74) is 2.07. The molecule has 7 heteroatoms. The Kier molecular flexibility index (Phi) is 6.92. The lowest BCUT2D eigenvalue weighted by Gasteiger charge is -2.32. The number of hydrogen-bond donors (Lipinski definition) is 0. The Labute approximate surface area is 177 Å². The van der Waals surface area contributed by atoms with Crippen molar-refractivity contribution in [3.8, 4) is 0 Å². The summed E-state index contributed by atoms with van der Waals surface area (Å²) in [6.45, 7) is 2.65. The lowest BCUT2D eigenvalue weighted by Crippen LogP contribution is -2.41. The van der Waals surface area contributed by atoms with Crippen LogP contribution in [0, 0.1) is 12.8 Å². The van der Waals surface area contributed by atoms with Crippen LogP contribution in [0.2, 0.25) is 0 Å². The molecule has 0 unspecified atom stereocenters. The summed E-state index contributed by atoms with van der Waals surface area (Å²) >= 11 is 0. The van der Waals surface area contributed by atoms with Crippen LogP contribution in [-0.2, 0) is 25.8 Å². The van der Waals surface area contributed by atoms with Gasteiger partial charge in [-0.3, -0.25) is 4.79 Å². The van der Waals surface area contributed by atoms with Gasteiger partial charge < -0.3 is 9.64 Å². The molecule has 1 amide bonds. The van der Waals surface area contributed by atoms with Crippen molar-refractivity contribution in [3.05, 3.63) is 65.2 Å². The normalized spacial score (nSPS) is 15.1. The Hall–Kier alpha value is -2.67. The summed E-state index contributed by atoms with van der Waals surface area (Å²) < 4.78 is 28.6. The van der Waals surface area contributed by atoms with Crippen LogP contribution in [0.25, 0.3) is 0 Å². The molecule has 3 rings (SSSR count). The van der Waals surface area contributed by atoms with Gasteiger partial charge in [-0.1, -0.05) is 36.4 Å². The van der Waals surface area contributed by atoms with Gasteiger partial charge in [-0.05, 0) is 55.4 Å². The van der Waals surface area contributed by atoms with Gasteiger partial charge in [0, 0.05) is 19.3 Å². The van der Waals surface area contributed by atoms with Crippen molar-refractivity contribution in [2.24, 2.45) is 5.92 Å². The molecule has 30 heavy (non-hydrogen) atoms. The van der Waals surface area contributed by atoms with E-state index < -0.39 is 15.8 Å². The first-order valence-corrected chi connectivity index (χ1v) is 11.9. The summed E-state index contributed by atoms with van der Waals surface area (Å²) in [6, 6.07) is 14.6. The molecule has 0 spiro atoms. The number of carbonyl (C=O) groups is 2. The minimum absolute atomic E-state index is 0.0480. The molecule has 0 aromatic heterocycles. The number of rotatable bonds is 6. The summed E-state index contributed by atoms with van der Waals surface area (Å²) in [6.07, 6.45) is 3.93. The average Bonchev–Trinajstić information content (AvgIpc) is 2.72. The fraction of sp³-hybridized carbons (Fsp3) is 0.391. The van der Waals surface area contributed by atoms with E-state index in [-0.39, 0.29) is 23.0 Å². The van der Waals surface area contributed by atoms with Gasteiger partial charge in [0.2, 0.25) is 0 Å². The predicted octanol–water partition coefficient (Wildman–Crippen LogP) is 3.04. The molecule has 0 atom stereocenters. The molecule has 2 aromatic carbocycles. The van der Waals surface area contributed by atoms with E-state index in [1.807, 2.05) is 18.2 Å². The first-order chi connectivity index (χ1) is 14.2. The fourth-order valence-electron chi connectivity index (χ4n) is 3.68. The Balaban J connectivity index is 1.51. The van der Waals surface area contributed by atoms with Gasteiger partial charge in [0.05, 0.1) is 10.5 Å². The van der Waals surface area contributed by atoms with Gasteiger partial charge in [0.15, 0.2) is 16.4 Å². The standard InChI is InChI=1S/C23H27NO5S/c1-17-8-9-20(30(2,27)28)15-21(17)23(26)29-16-22(25)24-12-10-19(11-13-24)14-18-6-4-3-5-7-18/h3-9,15,19H,10-14,16H2,1-2H3. The first-order valence-electron chi connectivity index (χ1n) is 10.0. The highest BCUT2D eigenvalue weighted by Gasteiger charge is 2.24. The molecule has 2 aromatic rings. The number of esters is 1. The molecule has 1 saturated heterocycles. The minimum Gasteiger partial charge on any atom is -0.452 e. The van der Waals surface area contributed by atoms with Crippen LogP contribution in [-0.4, -0.2) is 51.1 Å². The maximum Gasteiger partial charge on any atom is 0.338 e. The number of hydrogen-bond acceptors (Lipinski definition) is 5. The molecule has 6 nitrogen and oxygen atoms in total. The van der Waals surface area contributed by atoms with Crippen LogP contribution >= 0.6 is 0 Å². The van der Waals surface area contributed by atoms with Crippen LogP contribution in [0.5, 0.6) is 0 Å². The molecule has 0 N–H and O–H groups in total. The second-order valence-corrected chi connectivity index (χ2v) is 9.85. The zero-order chi connectivity index (χ0) is 21.7. The Morgan fingerprint density at radius 1 is 1.07 bits per heavy atom. The van der Waals surface area contributed by atoms with Gasteiger partial charge >= 0.3 is 5.97 Å². The van der Waals surface area contributed by atoms with E-state index in [1.54, 1.807) is 17.9 Å². The smallest absolute Gasteiger partial charge is 0.338 e. The fourth-order valence-corrected chi connectivity index (χ4v) is 4.33. The summed E-state index contributed by atoms with van der Waals surface area (Å²) in [5.74, 6) is -0.371. The molecule has 160 valence electrons. The Morgan fingerprint density at radius 3 is 2.37 bits per heavy atom. The van der Waals surface area contributed by atoms with E-state index in [4.69, 9.17) is 4.74 Å². The quantitative estimate of drug-likeness (QED) is 0.660. The van der Waals surface area contributed by atoms with E-state index in [2.05, 4.69) is 12.1 Å². The van der Waals surface area contributed by atoms with E-state index in [1.165, 1.54) is 17.7 Å². The summed E-state index contributed by atoms with van der Waals surface area (Å²) in [7, 11) is -3.43. The third kappa shape index (κ3) is 5.69. The third-order valence-corrected chi connectivity index (χ3v) is 6.63. The van der Waals surface area contributed by atoms with Crippen molar-refractivity contribution in [1.29, 1.82) is 0 Å². The van der Waals surface area contributed by atoms with Crippen LogP contribution in [0.1, 0.15) is 34.3 Å². The van der Waals surface area contributed by atoms with Gasteiger partial charge in [-0.15, -0.1) is 0 Å². The van der Waals surface area contributed by atoms with Gasteiger partial charge in [0.25, 0.3) is 5.91 Å². The summed E-state index contributed by atoms with van der Waals surface area (Å²) in [5, 5.41) is 0. The average molecular weight is 430 g/mol. The molecule has 1 aliphatic heterocycles. The van der Waals surface area contributed by atoms with E-state index in [0.29, 0.717) is 24.6 Å². The maximum absolute atomic E-state index is 12.5. The van der Waals surface area contributed by atoms with E-state index in [0.717, 1.165) is 25.5 Å². The molecule has 0 aliphatic carbocycles. The summed E-state index contributed by atoms with van der Waals surface area (Å²) in [4.78, 5) is 26.6. The second-order valence-electron chi connectivity index (χ2n) is 7.84. The number of carbonyl (C=O) groups excluding carboxylic acids is 2. The number of ether oxygens (including phenoxy) is 1. The van der Waals surface area contributed by atoms with Crippen molar-refractivity contribution >= 4 is 21.7 Å². The van der Waals surface area contributed by atoms with Crippen LogP contribution in [0.4, 0.5) is 0 Å². The highest BCUT2D eigenvalue weighted by Crippen LogP contribution is 2.22. The largest absolute Gasteiger partial charge is 0.452 e. The predicted molar refractivity (Wildman–Crippen MR) is 114 cm³/mol. The minimum atomic E-state index is -3.43. The van der Waals surface area contributed by atoms with Crippen molar-refractivity contribution in [3.63, 3.8) is 0 Å². The van der Waals surface area contributed by atoms with E-state index >= 15 is 0 Å². The number of nitrogens with zero attached hydrogens (tertiary/aromatic N) is 1. The van der Waals surface area contributed by atoms with Crippen molar-refractivity contribution in [2.75, 3.05) is 26.0 Å². The van der Waals surface area contributed by atoms with Gasteiger partial charge in [-0.2, -0.15) is 0 Å². The molecule has 0 bridgehead atoms. The molecule has 1 heterocycles.